The second-order valence-electron chi connectivity index (χ2n) is 5.09. The van der Waals surface area contributed by atoms with Crippen molar-refractivity contribution < 1.29 is 14.7 Å². The van der Waals surface area contributed by atoms with E-state index in [1.165, 1.54) is 11.3 Å². The molecule has 0 unspecified atom stereocenters. The Bertz CT molecular complexity index is 877. The highest BCUT2D eigenvalue weighted by Crippen LogP contribution is 2.45. The molecule has 0 radical (unpaired) electrons. The van der Waals surface area contributed by atoms with Crippen molar-refractivity contribution in [3.63, 3.8) is 0 Å². The highest BCUT2D eigenvalue weighted by molar-refractivity contribution is 7.20. The van der Waals surface area contributed by atoms with Crippen LogP contribution in [0.25, 0.3) is 21.6 Å². The molecule has 3 N–H and O–H groups in total. The number of carboxylic acid groups (broad SMARTS) is 1. The van der Waals surface area contributed by atoms with E-state index >= 15 is 0 Å². The number of rotatable bonds is 5. The van der Waals surface area contributed by atoms with E-state index in [0.717, 1.165) is 16.7 Å². The molecule has 6 heteroatoms. The predicted molar refractivity (Wildman–Crippen MR) is 96.1 cm³/mol. The third-order valence-electron chi connectivity index (χ3n) is 3.64. The van der Waals surface area contributed by atoms with Gasteiger partial charge in [-0.05, 0) is 16.7 Å². The first-order valence-electron chi connectivity index (χ1n) is 7.14. The summed E-state index contributed by atoms with van der Waals surface area (Å²) in [6.07, 6.45) is 0. The summed E-state index contributed by atoms with van der Waals surface area (Å²) in [5.41, 5.74) is 3.07. The molecular formula is C18H14ClNO3S. The molecule has 3 rings (SSSR count). The highest BCUT2D eigenvalue weighted by atomic mass is 35.5. The van der Waals surface area contributed by atoms with E-state index in [-0.39, 0.29) is 12.2 Å². The maximum Gasteiger partial charge on any atom is 0.337 e. The molecule has 24 heavy (non-hydrogen) atoms. The van der Waals surface area contributed by atoms with Crippen molar-refractivity contribution in [2.75, 3.05) is 0 Å². The smallest absolute Gasteiger partial charge is 0.337 e. The molecule has 0 bridgehead atoms. The quantitative estimate of drug-likeness (QED) is 0.640. The van der Waals surface area contributed by atoms with E-state index in [9.17, 15) is 9.90 Å². The van der Waals surface area contributed by atoms with E-state index in [0.29, 0.717) is 14.8 Å². The van der Waals surface area contributed by atoms with Gasteiger partial charge < -0.3 is 5.11 Å². The Morgan fingerprint density at radius 3 is 2.46 bits per heavy atom. The van der Waals surface area contributed by atoms with Gasteiger partial charge in [-0.25, -0.2) is 10.7 Å². The van der Waals surface area contributed by atoms with Gasteiger partial charge in [0.05, 0.1) is 17.0 Å². The molecular weight excluding hydrogens is 346 g/mol. The van der Waals surface area contributed by atoms with E-state index < -0.39 is 5.97 Å². The fourth-order valence-electron chi connectivity index (χ4n) is 2.62. The van der Waals surface area contributed by atoms with E-state index in [1.807, 2.05) is 54.6 Å². The van der Waals surface area contributed by atoms with E-state index in [4.69, 9.17) is 22.3 Å². The summed E-state index contributed by atoms with van der Waals surface area (Å²) in [6.45, 7) is 0.186. The molecule has 4 nitrogen and oxygen atoms in total. The summed E-state index contributed by atoms with van der Waals surface area (Å²) >= 11 is 7.65. The van der Waals surface area contributed by atoms with Crippen molar-refractivity contribution in [1.82, 2.24) is 0 Å². The molecule has 0 aliphatic rings. The Hall–Kier alpha value is -2.18. The topological polar surface area (TPSA) is 72.5 Å². The average Bonchev–Trinajstić information content (AvgIpc) is 2.94. The van der Waals surface area contributed by atoms with Crippen molar-refractivity contribution in [1.29, 1.82) is 0 Å². The van der Waals surface area contributed by atoms with Crippen LogP contribution in [0.1, 0.15) is 15.9 Å². The summed E-state index contributed by atoms with van der Waals surface area (Å²) in [4.78, 5) is 17.3. The van der Waals surface area contributed by atoms with Gasteiger partial charge in [-0.2, -0.15) is 0 Å². The Morgan fingerprint density at radius 1 is 1.12 bits per heavy atom. The van der Waals surface area contributed by atoms with E-state index in [2.05, 4.69) is 0 Å². The predicted octanol–water partition coefficient (Wildman–Crippen LogP) is 4.82. The molecule has 1 aromatic heterocycles. The Morgan fingerprint density at radius 2 is 1.79 bits per heavy atom. The van der Waals surface area contributed by atoms with Crippen LogP contribution in [0.4, 0.5) is 0 Å². The van der Waals surface area contributed by atoms with Gasteiger partial charge in [0, 0.05) is 5.56 Å². The van der Waals surface area contributed by atoms with Gasteiger partial charge in [-0.1, -0.05) is 66.2 Å². The first kappa shape index (κ1) is 16.7. The Balaban J connectivity index is 2.26. The van der Waals surface area contributed by atoms with Crippen LogP contribution >= 0.6 is 22.9 Å². The second kappa shape index (κ2) is 7.15. The summed E-state index contributed by atoms with van der Waals surface area (Å²) < 4.78 is 0.442. The summed E-state index contributed by atoms with van der Waals surface area (Å²) in [7, 11) is 0. The second-order valence-corrected chi connectivity index (χ2v) is 6.72. The molecule has 2 aromatic carbocycles. The molecule has 1 heterocycles. The standard InChI is InChI=1S/C18H14ClNO3S/c19-17-14(11-6-2-1-3-7-11)15(18(21)22)16(24-17)13-9-5-4-8-12(13)10-23-20/h1-9H,10,20H2,(H,21,22). The fraction of sp³-hybridized carbons (Fsp3) is 0.0556. The number of thiophene rings is 1. The molecule has 122 valence electrons. The fourth-order valence-corrected chi connectivity index (χ4v) is 4.15. The van der Waals surface area contributed by atoms with Gasteiger partial charge in [0.1, 0.15) is 4.34 Å². The van der Waals surface area contributed by atoms with Crippen LogP contribution in [-0.4, -0.2) is 11.1 Å². The van der Waals surface area contributed by atoms with Gasteiger partial charge in [0.15, 0.2) is 0 Å². The monoisotopic (exact) mass is 359 g/mol. The molecule has 0 saturated heterocycles. The average molecular weight is 360 g/mol. The zero-order chi connectivity index (χ0) is 17.1. The lowest BCUT2D eigenvalue weighted by molar-refractivity contribution is 0.0699. The van der Waals surface area contributed by atoms with Crippen molar-refractivity contribution in [2.24, 2.45) is 5.90 Å². The van der Waals surface area contributed by atoms with Crippen LogP contribution in [0.15, 0.2) is 54.6 Å². The van der Waals surface area contributed by atoms with Crippen molar-refractivity contribution in [3.05, 3.63) is 70.1 Å². The first-order chi connectivity index (χ1) is 11.6. The third kappa shape index (κ3) is 3.07. The first-order valence-corrected chi connectivity index (χ1v) is 8.34. The van der Waals surface area contributed by atoms with Crippen LogP contribution in [0.2, 0.25) is 4.34 Å². The SMILES string of the molecule is NOCc1ccccc1-c1sc(Cl)c(-c2ccccc2)c1C(=O)O. The molecule has 0 fully saturated rings. The van der Waals surface area contributed by atoms with Gasteiger partial charge in [-0.15, -0.1) is 11.3 Å². The third-order valence-corrected chi connectivity index (χ3v) is 5.07. The number of carbonyl (C=O) groups is 1. The number of hydrogen-bond acceptors (Lipinski definition) is 4. The van der Waals surface area contributed by atoms with Crippen LogP contribution < -0.4 is 5.90 Å². The lowest BCUT2D eigenvalue weighted by atomic mass is 9.98. The lowest BCUT2D eigenvalue weighted by Crippen LogP contribution is -2.03. The molecule has 0 saturated carbocycles. The van der Waals surface area contributed by atoms with Crippen LogP contribution in [-0.2, 0) is 11.4 Å². The Labute approximate surface area is 148 Å². The summed E-state index contributed by atoms with van der Waals surface area (Å²) in [6, 6.07) is 16.7. The van der Waals surface area contributed by atoms with Crippen LogP contribution in [0.3, 0.4) is 0 Å². The molecule has 3 aromatic rings. The van der Waals surface area contributed by atoms with Crippen molar-refractivity contribution in [3.8, 4) is 21.6 Å². The minimum atomic E-state index is -1.02. The number of carboxylic acids is 1. The van der Waals surface area contributed by atoms with Gasteiger partial charge >= 0.3 is 5.97 Å². The van der Waals surface area contributed by atoms with E-state index in [1.54, 1.807) is 0 Å². The molecule has 0 aliphatic heterocycles. The highest BCUT2D eigenvalue weighted by Gasteiger charge is 2.25. The number of aromatic carboxylic acids is 1. The molecule has 0 amide bonds. The number of benzene rings is 2. The minimum Gasteiger partial charge on any atom is -0.478 e. The van der Waals surface area contributed by atoms with Gasteiger partial charge in [-0.3, -0.25) is 4.84 Å². The van der Waals surface area contributed by atoms with Crippen molar-refractivity contribution in [2.45, 2.75) is 6.61 Å². The summed E-state index contributed by atoms with van der Waals surface area (Å²) in [5, 5.41) is 9.80. The number of hydrogen-bond donors (Lipinski definition) is 2. The van der Waals surface area contributed by atoms with Gasteiger partial charge in [0.25, 0.3) is 0 Å². The normalized spacial score (nSPS) is 10.8. The van der Waals surface area contributed by atoms with Gasteiger partial charge in [0.2, 0.25) is 0 Å². The van der Waals surface area contributed by atoms with Crippen LogP contribution in [0.5, 0.6) is 0 Å². The number of nitrogens with two attached hydrogens (primary N) is 1. The zero-order valence-corrected chi connectivity index (χ0v) is 14.1. The summed E-state index contributed by atoms with van der Waals surface area (Å²) in [5.74, 6) is 4.17. The van der Waals surface area contributed by atoms with Crippen molar-refractivity contribution >= 4 is 28.9 Å². The lowest BCUT2D eigenvalue weighted by Gasteiger charge is -2.08. The maximum atomic E-state index is 12.0. The zero-order valence-electron chi connectivity index (χ0n) is 12.5. The largest absolute Gasteiger partial charge is 0.478 e. The Kier molecular flexibility index (Phi) is 4.97. The molecule has 0 spiro atoms. The molecule has 0 aliphatic carbocycles. The number of halogens is 1. The maximum absolute atomic E-state index is 12.0. The molecule has 0 atom stereocenters. The van der Waals surface area contributed by atoms with Crippen LogP contribution in [0, 0.1) is 0 Å². The minimum absolute atomic E-state index is 0.186.